The summed E-state index contributed by atoms with van der Waals surface area (Å²) in [7, 11) is 0. The van der Waals surface area contributed by atoms with Crippen LogP contribution in [0.4, 0.5) is 0 Å². The third-order valence-corrected chi connectivity index (χ3v) is 2.26. The molecule has 0 aromatic rings. The van der Waals surface area contributed by atoms with Gasteiger partial charge < -0.3 is 15.2 Å². The minimum atomic E-state index is -0.514. The smallest absolute Gasteiger partial charge is 0.323 e. The molecule has 1 aliphatic heterocycles. The molecule has 76 valence electrons. The van der Waals surface area contributed by atoms with Gasteiger partial charge in [-0.15, -0.1) is 0 Å². The van der Waals surface area contributed by atoms with Gasteiger partial charge >= 0.3 is 5.97 Å². The summed E-state index contributed by atoms with van der Waals surface area (Å²) in [6.45, 7) is 3.54. The van der Waals surface area contributed by atoms with Crippen molar-refractivity contribution in [3.63, 3.8) is 0 Å². The molecule has 2 N–H and O–H groups in total. The molecule has 0 aromatic heterocycles. The lowest BCUT2D eigenvalue weighted by molar-refractivity contribution is -0.147. The van der Waals surface area contributed by atoms with Crippen LogP contribution in [0.1, 0.15) is 19.8 Å². The highest BCUT2D eigenvalue weighted by atomic mass is 16.5. The second-order valence-corrected chi connectivity index (χ2v) is 3.26. The minimum absolute atomic E-state index is 0.132. The fourth-order valence-corrected chi connectivity index (χ4v) is 1.48. The van der Waals surface area contributed by atoms with Crippen molar-refractivity contribution in [2.45, 2.75) is 25.8 Å². The van der Waals surface area contributed by atoms with E-state index in [-0.39, 0.29) is 11.9 Å². The Hall–Kier alpha value is -0.610. The zero-order valence-electron chi connectivity index (χ0n) is 7.99. The first-order valence-electron chi connectivity index (χ1n) is 4.75. The summed E-state index contributed by atoms with van der Waals surface area (Å²) in [5.41, 5.74) is 5.72. The van der Waals surface area contributed by atoms with Gasteiger partial charge in [-0.25, -0.2) is 0 Å². The second kappa shape index (κ2) is 5.19. The molecule has 4 nitrogen and oxygen atoms in total. The van der Waals surface area contributed by atoms with E-state index < -0.39 is 6.04 Å². The van der Waals surface area contributed by atoms with Gasteiger partial charge in [0.15, 0.2) is 0 Å². The fourth-order valence-electron chi connectivity index (χ4n) is 1.48. The first kappa shape index (κ1) is 10.5. The van der Waals surface area contributed by atoms with Crippen LogP contribution >= 0.6 is 0 Å². The van der Waals surface area contributed by atoms with Crippen LogP contribution in [0.3, 0.4) is 0 Å². The Labute approximate surface area is 78.4 Å². The van der Waals surface area contributed by atoms with Crippen molar-refractivity contribution >= 4 is 5.97 Å². The normalized spacial score (nSPS) is 25.2. The van der Waals surface area contributed by atoms with Gasteiger partial charge in [0.1, 0.15) is 6.04 Å². The minimum Gasteiger partial charge on any atom is -0.465 e. The van der Waals surface area contributed by atoms with E-state index in [4.69, 9.17) is 15.2 Å². The molecule has 0 unspecified atom stereocenters. The van der Waals surface area contributed by atoms with Crippen molar-refractivity contribution in [1.29, 1.82) is 0 Å². The molecule has 0 radical (unpaired) electrons. The lowest BCUT2D eigenvalue weighted by Crippen LogP contribution is -2.43. The van der Waals surface area contributed by atoms with Crippen LogP contribution in [0.15, 0.2) is 0 Å². The van der Waals surface area contributed by atoms with E-state index in [1.165, 1.54) is 0 Å². The molecule has 0 bridgehead atoms. The van der Waals surface area contributed by atoms with Gasteiger partial charge in [0.25, 0.3) is 0 Å². The van der Waals surface area contributed by atoms with E-state index in [1.807, 2.05) is 0 Å². The molecule has 0 aromatic carbocycles. The Morgan fingerprint density at radius 2 is 2.54 bits per heavy atom. The van der Waals surface area contributed by atoms with Crippen LogP contribution in [-0.4, -0.2) is 31.8 Å². The third kappa shape index (κ3) is 2.97. The third-order valence-electron chi connectivity index (χ3n) is 2.26. The highest BCUT2D eigenvalue weighted by molar-refractivity contribution is 5.75. The van der Waals surface area contributed by atoms with Gasteiger partial charge in [0.2, 0.25) is 0 Å². The summed E-state index contributed by atoms with van der Waals surface area (Å²) in [4.78, 5) is 11.2. The lowest BCUT2D eigenvalue weighted by atomic mass is 9.94. The first-order chi connectivity index (χ1) is 6.25. The SMILES string of the molecule is CCOC(=O)[C@@H](N)[C@@H]1CCCOC1. The number of hydrogen-bond acceptors (Lipinski definition) is 4. The number of carbonyl (C=O) groups excluding carboxylic acids is 1. The van der Waals surface area contributed by atoms with E-state index in [2.05, 4.69) is 0 Å². The van der Waals surface area contributed by atoms with E-state index in [1.54, 1.807) is 6.92 Å². The predicted molar refractivity (Wildman–Crippen MR) is 48.2 cm³/mol. The second-order valence-electron chi connectivity index (χ2n) is 3.26. The summed E-state index contributed by atoms with van der Waals surface area (Å²) in [6.07, 6.45) is 1.94. The molecule has 1 fully saturated rings. The molecule has 0 amide bonds. The molecule has 1 saturated heterocycles. The van der Waals surface area contributed by atoms with E-state index in [0.29, 0.717) is 13.2 Å². The van der Waals surface area contributed by atoms with Crippen molar-refractivity contribution in [1.82, 2.24) is 0 Å². The summed E-state index contributed by atoms with van der Waals surface area (Å²) in [5.74, 6) is -0.175. The zero-order chi connectivity index (χ0) is 9.68. The summed E-state index contributed by atoms with van der Waals surface area (Å²) in [5, 5.41) is 0. The fraction of sp³-hybridized carbons (Fsp3) is 0.889. The summed E-state index contributed by atoms with van der Waals surface area (Å²) in [6, 6.07) is -0.514. The highest BCUT2D eigenvalue weighted by Crippen LogP contribution is 2.16. The molecule has 1 heterocycles. The van der Waals surface area contributed by atoms with Crippen molar-refractivity contribution in [2.24, 2.45) is 11.7 Å². The number of hydrogen-bond donors (Lipinski definition) is 1. The zero-order valence-corrected chi connectivity index (χ0v) is 7.99. The largest absolute Gasteiger partial charge is 0.465 e. The number of carbonyl (C=O) groups is 1. The van der Waals surface area contributed by atoms with Crippen LogP contribution in [0.25, 0.3) is 0 Å². The number of nitrogens with two attached hydrogens (primary N) is 1. The molecule has 13 heavy (non-hydrogen) atoms. The quantitative estimate of drug-likeness (QED) is 0.646. The first-order valence-corrected chi connectivity index (χ1v) is 4.75. The lowest BCUT2D eigenvalue weighted by Gasteiger charge is -2.25. The van der Waals surface area contributed by atoms with E-state index >= 15 is 0 Å². The highest BCUT2D eigenvalue weighted by Gasteiger charge is 2.27. The van der Waals surface area contributed by atoms with Crippen LogP contribution in [-0.2, 0) is 14.3 Å². The average Bonchev–Trinajstić information content (AvgIpc) is 2.18. The van der Waals surface area contributed by atoms with Crippen LogP contribution in [0, 0.1) is 5.92 Å². The van der Waals surface area contributed by atoms with Crippen LogP contribution < -0.4 is 5.73 Å². The molecule has 0 saturated carbocycles. The number of rotatable bonds is 3. The number of esters is 1. The Morgan fingerprint density at radius 1 is 1.77 bits per heavy atom. The Kier molecular flexibility index (Phi) is 4.18. The standard InChI is InChI=1S/C9H17NO3/c1-2-13-9(11)8(10)7-4-3-5-12-6-7/h7-8H,2-6,10H2,1H3/t7-,8+/m1/s1. The molecule has 2 atom stereocenters. The molecule has 1 rings (SSSR count). The maximum absolute atomic E-state index is 11.2. The van der Waals surface area contributed by atoms with Gasteiger partial charge in [-0.3, -0.25) is 4.79 Å². The topological polar surface area (TPSA) is 61.5 Å². The average molecular weight is 187 g/mol. The molecule has 0 spiro atoms. The Balaban J connectivity index is 2.35. The summed E-state index contributed by atoms with van der Waals surface area (Å²) >= 11 is 0. The van der Waals surface area contributed by atoms with E-state index in [9.17, 15) is 4.79 Å². The molecular weight excluding hydrogens is 170 g/mol. The van der Waals surface area contributed by atoms with Crippen molar-refractivity contribution < 1.29 is 14.3 Å². The molecular formula is C9H17NO3. The maximum atomic E-state index is 11.2. The van der Waals surface area contributed by atoms with Gasteiger partial charge in [-0.2, -0.15) is 0 Å². The summed E-state index contributed by atoms with van der Waals surface area (Å²) < 4.78 is 10.1. The van der Waals surface area contributed by atoms with E-state index in [0.717, 1.165) is 19.4 Å². The van der Waals surface area contributed by atoms with Crippen molar-refractivity contribution in [3.05, 3.63) is 0 Å². The van der Waals surface area contributed by atoms with Crippen LogP contribution in [0.5, 0.6) is 0 Å². The molecule has 1 aliphatic rings. The Bertz CT molecular complexity index is 166. The van der Waals surface area contributed by atoms with Gasteiger partial charge in [-0.05, 0) is 19.8 Å². The Morgan fingerprint density at radius 3 is 3.08 bits per heavy atom. The van der Waals surface area contributed by atoms with Crippen molar-refractivity contribution in [3.8, 4) is 0 Å². The monoisotopic (exact) mass is 187 g/mol. The number of ether oxygens (including phenoxy) is 2. The van der Waals surface area contributed by atoms with Gasteiger partial charge in [0, 0.05) is 12.5 Å². The van der Waals surface area contributed by atoms with Crippen molar-refractivity contribution in [2.75, 3.05) is 19.8 Å². The van der Waals surface area contributed by atoms with Gasteiger partial charge in [0.05, 0.1) is 13.2 Å². The molecule has 4 heteroatoms. The van der Waals surface area contributed by atoms with Gasteiger partial charge in [-0.1, -0.05) is 0 Å². The molecule has 0 aliphatic carbocycles. The maximum Gasteiger partial charge on any atom is 0.323 e. The predicted octanol–water partition coefficient (Wildman–Crippen LogP) is 0.303. The van der Waals surface area contributed by atoms with Crippen LogP contribution in [0.2, 0.25) is 0 Å².